The number of ketones is 2. The number of carbonyl (C=O) groups excluding carboxylic acids is 2. The van der Waals surface area contributed by atoms with Gasteiger partial charge in [0.2, 0.25) is 10.9 Å². The average Bonchev–Trinajstić information content (AvgIpc) is 2.74. The Morgan fingerprint density at radius 3 is 1.38 bits per heavy atom. The van der Waals surface area contributed by atoms with Crippen molar-refractivity contribution in [2.75, 3.05) is 0 Å². The van der Waals surface area contributed by atoms with Gasteiger partial charge >= 0.3 is 0 Å². The van der Waals surface area contributed by atoms with Gasteiger partial charge in [0.1, 0.15) is 35.6 Å². The first kappa shape index (κ1) is 27.1. The molecule has 2 N–H and O–H groups in total. The molecule has 8 nitrogen and oxygen atoms in total. The fourth-order valence-corrected chi connectivity index (χ4v) is 3.68. The minimum absolute atomic E-state index is 0.0127. The molecule has 2 rings (SSSR count). The highest BCUT2D eigenvalue weighted by Gasteiger charge is 2.24. The Kier molecular flexibility index (Phi) is 9.01. The van der Waals surface area contributed by atoms with Gasteiger partial charge in [-0.3, -0.25) is 19.2 Å². The fourth-order valence-electron chi connectivity index (χ4n) is 3.68. The highest BCUT2D eigenvalue weighted by Crippen LogP contribution is 2.29. The summed E-state index contributed by atoms with van der Waals surface area (Å²) in [7, 11) is 0. The highest BCUT2D eigenvalue weighted by atomic mass is 16.4. The van der Waals surface area contributed by atoms with Crippen molar-refractivity contribution in [1.29, 1.82) is 0 Å². The molecular weight excluding hydrogens is 440 g/mol. The third-order valence-corrected chi connectivity index (χ3v) is 5.88. The Bertz CT molecular complexity index is 1030. The molecule has 186 valence electrons. The van der Waals surface area contributed by atoms with Crippen molar-refractivity contribution < 1.29 is 28.6 Å². The van der Waals surface area contributed by atoms with Crippen LogP contribution < -0.4 is 10.9 Å². The maximum Gasteiger partial charge on any atom is 0.226 e. The summed E-state index contributed by atoms with van der Waals surface area (Å²) >= 11 is 0. The molecule has 0 radical (unpaired) electrons. The molecule has 8 heteroatoms. The monoisotopic (exact) mass is 474 g/mol. The molecule has 0 unspecified atom stereocenters. The largest absolute Gasteiger partial charge is 0.502 e. The third-order valence-electron chi connectivity index (χ3n) is 5.88. The van der Waals surface area contributed by atoms with Gasteiger partial charge in [0.15, 0.2) is 11.5 Å². The summed E-state index contributed by atoms with van der Waals surface area (Å²) in [5.74, 6) is 0.0557. The second kappa shape index (κ2) is 11.3. The van der Waals surface area contributed by atoms with Crippen molar-refractivity contribution in [1.82, 2.24) is 0 Å². The van der Waals surface area contributed by atoms with Crippen molar-refractivity contribution in [2.24, 2.45) is 10.8 Å². The molecule has 0 atom stereocenters. The lowest BCUT2D eigenvalue weighted by molar-refractivity contribution is -0.124. The number of Topliss-reactive ketones (excluding diaryl/α,β-unsaturated/α-hetero) is 2. The molecule has 2 aromatic heterocycles. The normalized spacial score (nSPS) is 12.0. The summed E-state index contributed by atoms with van der Waals surface area (Å²) in [6.07, 6.45) is 5.13. The lowest BCUT2D eigenvalue weighted by atomic mass is 9.81. The molecule has 2 aromatic rings. The molecule has 0 aliphatic rings. The van der Waals surface area contributed by atoms with E-state index >= 15 is 0 Å². The molecule has 0 aliphatic carbocycles. The first-order chi connectivity index (χ1) is 15.8. The second-order valence-electron chi connectivity index (χ2n) is 10.5. The van der Waals surface area contributed by atoms with Gasteiger partial charge in [0.25, 0.3) is 0 Å². The van der Waals surface area contributed by atoms with Gasteiger partial charge in [0, 0.05) is 50.7 Å². The van der Waals surface area contributed by atoms with Crippen LogP contribution >= 0.6 is 0 Å². The molecule has 0 saturated carbocycles. The number of hydrogen-bond donors (Lipinski definition) is 2. The van der Waals surface area contributed by atoms with Crippen molar-refractivity contribution in [3.05, 3.63) is 56.6 Å². The zero-order valence-corrected chi connectivity index (χ0v) is 20.3. The van der Waals surface area contributed by atoms with Crippen LogP contribution in [0.25, 0.3) is 0 Å². The van der Waals surface area contributed by atoms with Crippen LogP contribution in [-0.2, 0) is 22.4 Å². The van der Waals surface area contributed by atoms with Gasteiger partial charge < -0.3 is 19.0 Å². The van der Waals surface area contributed by atoms with E-state index in [2.05, 4.69) is 0 Å². The first-order valence-electron chi connectivity index (χ1n) is 11.4. The highest BCUT2D eigenvalue weighted by molar-refractivity contribution is 5.86. The van der Waals surface area contributed by atoms with Crippen molar-refractivity contribution in [3.63, 3.8) is 0 Å². The van der Waals surface area contributed by atoms with Crippen molar-refractivity contribution in [3.8, 4) is 11.5 Å². The van der Waals surface area contributed by atoms with E-state index in [0.717, 1.165) is 12.5 Å². The Labute approximate surface area is 198 Å². The number of rotatable bonds is 13. The van der Waals surface area contributed by atoms with E-state index in [1.165, 1.54) is 12.1 Å². The van der Waals surface area contributed by atoms with E-state index in [-0.39, 0.29) is 35.2 Å². The Morgan fingerprint density at radius 2 is 1.06 bits per heavy atom. The third kappa shape index (κ3) is 9.00. The maximum absolute atomic E-state index is 12.3. The summed E-state index contributed by atoms with van der Waals surface area (Å²) in [5, 5.41) is 18.6. The van der Waals surface area contributed by atoms with Crippen LogP contribution in [0.4, 0.5) is 0 Å². The first-order valence-corrected chi connectivity index (χ1v) is 11.4. The smallest absolute Gasteiger partial charge is 0.226 e. The lowest BCUT2D eigenvalue weighted by Gasteiger charge is -2.24. The molecule has 0 amide bonds. The van der Waals surface area contributed by atoms with Crippen LogP contribution in [0.3, 0.4) is 0 Å². The summed E-state index contributed by atoms with van der Waals surface area (Å²) in [4.78, 5) is 47.8. The summed E-state index contributed by atoms with van der Waals surface area (Å²) in [6.45, 7) is 7.88. The summed E-state index contributed by atoms with van der Waals surface area (Å²) in [5.41, 5.74) is -1.58. The Morgan fingerprint density at radius 1 is 0.706 bits per heavy atom. The number of carbonyl (C=O) groups is 2. The predicted octanol–water partition coefficient (Wildman–Crippen LogP) is 4.32. The van der Waals surface area contributed by atoms with E-state index in [9.17, 15) is 29.4 Å². The van der Waals surface area contributed by atoms with E-state index < -0.39 is 22.4 Å². The molecular formula is C26H34O8. The van der Waals surface area contributed by atoms with E-state index in [0.29, 0.717) is 50.0 Å². The average molecular weight is 475 g/mol. The minimum Gasteiger partial charge on any atom is -0.502 e. The molecule has 0 aliphatic heterocycles. The van der Waals surface area contributed by atoms with Gasteiger partial charge in [-0.2, -0.15) is 0 Å². The van der Waals surface area contributed by atoms with E-state index in [1.54, 1.807) is 0 Å². The summed E-state index contributed by atoms with van der Waals surface area (Å²) < 4.78 is 10.5. The zero-order chi connectivity index (χ0) is 25.5. The van der Waals surface area contributed by atoms with Crippen LogP contribution in [0.1, 0.15) is 77.7 Å². The molecule has 2 heterocycles. The van der Waals surface area contributed by atoms with Crippen LogP contribution in [0, 0.1) is 10.8 Å². The number of aromatic hydroxyl groups is 2. The maximum atomic E-state index is 12.3. The lowest BCUT2D eigenvalue weighted by Crippen LogP contribution is -2.19. The predicted molar refractivity (Wildman–Crippen MR) is 126 cm³/mol. The van der Waals surface area contributed by atoms with E-state index in [1.807, 2.05) is 27.7 Å². The Balaban J connectivity index is 1.73. The summed E-state index contributed by atoms with van der Waals surface area (Å²) in [6, 6.07) is 2.52. The van der Waals surface area contributed by atoms with Crippen molar-refractivity contribution >= 4 is 11.6 Å². The van der Waals surface area contributed by atoms with Gasteiger partial charge in [-0.15, -0.1) is 0 Å². The molecule has 0 spiro atoms. The van der Waals surface area contributed by atoms with Gasteiger partial charge in [-0.25, -0.2) is 0 Å². The topological polar surface area (TPSA) is 135 Å². The number of hydrogen-bond acceptors (Lipinski definition) is 8. The standard InChI is InChI=1S/C26H34O8/c1-25(2,13-19-11-21(29)23(31)15-33-19)9-7-17(27)5-6-18(28)8-10-26(3,4)14-20-12-22(30)24(32)16-34-20/h11-12,15-16,31-32H,5-10,13-14H2,1-4H3. The van der Waals surface area contributed by atoms with Gasteiger partial charge in [0.05, 0.1) is 0 Å². The quantitative estimate of drug-likeness (QED) is 0.438. The van der Waals surface area contributed by atoms with Crippen molar-refractivity contribution in [2.45, 2.75) is 79.1 Å². The molecule has 0 aromatic carbocycles. The minimum atomic E-state index is -0.498. The molecule has 34 heavy (non-hydrogen) atoms. The van der Waals surface area contributed by atoms with Gasteiger partial charge in [-0.1, -0.05) is 27.7 Å². The van der Waals surface area contributed by atoms with Crippen LogP contribution in [-0.4, -0.2) is 21.8 Å². The Hall–Kier alpha value is -3.16. The SMILES string of the molecule is CC(C)(CCC(=O)CCC(=O)CCC(C)(C)Cc1cc(=O)c(O)co1)Cc1cc(=O)c(O)co1. The van der Waals surface area contributed by atoms with Crippen LogP contribution in [0.15, 0.2) is 43.1 Å². The van der Waals surface area contributed by atoms with Crippen LogP contribution in [0.5, 0.6) is 11.5 Å². The van der Waals surface area contributed by atoms with Gasteiger partial charge in [-0.05, 0) is 23.7 Å². The molecule has 0 saturated heterocycles. The second-order valence-corrected chi connectivity index (χ2v) is 10.5. The van der Waals surface area contributed by atoms with E-state index in [4.69, 9.17) is 8.83 Å². The zero-order valence-electron chi connectivity index (χ0n) is 20.3. The van der Waals surface area contributed by atoms with Crippen LogP contribution in [0.2, 0.25) is 0 Å². The molecule has 0 fully saturated rings. The fraction of sp³-hybridized carbons (Fsp3) is 0.538. The molecule has 0 bridgehead atoms.